The number of rotatable bonds is 5. The highest BCUT2D eigenvalue weighted by atomic mass is 35.5. The molecule has 0 saturated heterocycles. The largest absolute Gasteiger partial charge is 0.382 e. The molecule has 0 aliphatic carbocycles. The highest BCUT2D eigenvalue weighted by Gasteiger charge is 2.08. The molecular formula is C18H16ClNO2. The second-order valence-corrected chi connectivity index (χ2v) is 5.09. The maximum Gasteiger partial charge on any atom is 0.212 e. The van der Waals surface area contributed by atoms with E-state index in [0.29, 0.717) is 17.3 Å². The van der Waals surface area contributed by atoms with E-state index < -0.39 is 0 Å². The molecule has 0 atom stereocenters. The molecule has 2 aromatic carbocycles. The van der Waals surface area contributed by atoms with Gasteiger partial charge in [0.25, 0.3) is 0 Å². The van der Waals surface area contributed by atoms with Gasteiger partial charge >= 0.3 is 0 Å². The van der Waals surface area contributed by atoms with Gasteiger partial charge in [-0.1, -0.05) is 41.9 Å². The van der Waals surface area contributed by atoms with Gasteiger partial charge < -0.3 is 5.32 Å². The van der Waals surface area contributed by atoms with Gasteiger partial charge in [-0.15, -0.1) is 0 Å². The average molecular weight is 314 g/mol. The zero-order valence-corrected chi connectivity index (χ0v) is 12.9. The van der Waals surface area contributed by atoms with Crippen LogP contribution in [0.2, 0.25) is 5.02 Å². The van der Waals surface area contributed by atoms with Crippen molar-refractivity contribution >= 4 is 29.1 Å². The highest BCUT2D eigenvalue weighted by Crippen LogP contribution is 2.12. The molecular weight excluding hydrogens is 298 g/mol. The van der Waals surface area contributed by atoms with Gasteiger partial charge in [-0.25, -0.2) is 0 Å². The van der Waals surface area contributed by atoms with Crippen molar-refractivity contribution in [2.45, 2.75) is 6.92 Å². The van der Waals surface area contributed by atoms with E-state index in [9.17, 15) is 9.59 Å². The molecule has 22 heavy (non-hydrogen) atoms. The Bertz CT molecular complexity index is 769. The maximum absolute atomic E-state index is 12.3. The van der Waals surface area contributed by atoms with Crippen LogP contribution in [0, 0.1) is 0 Å². The van der Waals surface area contributed by atoms with E-state index in [-0.39, 0.29) is 16.8 Å². The summed E-state index contributed by atoms with van der Waals surface area (Å²) in [4.78, 5) is 24.6. The molecule has 0 fully saturated rings. The van der Waals surface area contributed by atoms with E-state index in [2.05, 4.69) is 5.32 Å². The molecule has 2 aromatic rings. The molecule has 0 bridgehead atoms. The summed E-state index contributed by atoms with van der Waals surface area (Å²) in [5, 5.41) is 3.56. The zero-order chi connectivity index (χ0) is 15.9. The van der Waals surface area contributed by atoms with Crippen LogP contribution in [0.5, 0.6) is 0 Å². The average Bonchev–Trinajstić information content (AvgIpc) is 2.68. The number of carbonyl (C=O) groups is 1. The molecule has 3 nitrogen and oxygen atoms in total. The van der Waals surface area contributed by atoms with Crippen LogP contribution >= 0.6 is 11.6 Å². The van der Waals surface area contributed by atoms with Crippen LogP contribution in [0.25, 0.3) is 6.08 Å². The highest BCUT2D eigenvalue weighted by molar-refractivity contribution is 6.30. The number of carbonyl (C=O) groups excluding carboxylic acids is 1. The lowest BCUT2D eigenvalue weighted by Gasteiger charge is -1.99. The first-order valence-corrected chi connectivity index (χ1v) is 7.35. The summed E-state index contributed by atoms with van der Waals surface area (Å²) in [6.07, 6.45) is 3.03. The van der Waals surface area contributed by atoms with Crippen LogP contribution in [0.1, 0.15) is 22.8 Å². The predicted octanol–water partition coefficient (Wildman–Crippen LogP) is 4.03. The van der Waals surface area contributed by atoms with Crippen molar-refractivity contribution in [2.75, 3.05) is 11.9 Å². The number of ketones is 1. The first kappa shape index (κ1) is 16.0. The van der Waals surface area contributed by atoms with Crippen molar-refractivity contribution in [3.05, 3.63) is 81.0 Å². The Morgan fingerprint density at radius 2 is 1.95 bits per heavy atom. The van der Waals surface area contributed by atoms with E-state index >= 15 is 0 Å². The summed E-state index contributed by atoms with van der Waals surface area (Å²) in [5.74, 6) is -0.333. The van der Waals surface area contributed by atoms with Gasteiger partial charge in [0.15, 0.2) is 5.78 Å². The van der Waals surface area contributed by atoms with Crippen molar-refractivity contribution in [3.8, 4) is 0 Å². The lowest BCUT2D eigenvalue weighted by molar-refractivity contribution is 0.104. The van der Waals surface area contributed by atoms with Crippen LogP contribution in [0.15, 0.2) is 59.4 Å². The number of hydrogen-bond donors (Lipinski definition) is 1. The third kappa shape index (κ3) is 4.06. The van der Waals surface area contributed by atoms with Crippen molar-refractivity contribution in [1.82, 2.24) is 0 Å². The fourth-order valence-corrected chi connectivity index (χ4v) is 2.19. The molecule has 0 saturated carbocycles. The Labute approximate surface area is 134 Å². The van der Waals surface area contributed by atoms with Crippen molar-refractivity contribution < 1.29 is 4.79 Å². The quantitative estimate of drug-likeness (QED) is 0.669. The van der Waals surface area contributed by atoms with Crippen LogP contribution in [0.4, 0.5) is 5.69 Å². The molecule has 0 radical (unpaired) electrons. The third-order valence-electron chi connectivity index (χ3n) is 3.03. The second-order valence-electron chi connectivity index (χ2n) is 4.66. The Balaban J connectivity index is 2.32. The van der Waals surface area contributed by atoms with E-state index in [1.807, 2.05) is 13.0 Å². The fraction of sp³-hybridized carbons (Fsp3) is 0.111. The van der Waals surface area contributed by atoms with Crippen LogP contribution in [-0.4, -0.2) is 12.3 Å². The SMILES string of the molecule is CCNc1ccccc(C(=O)/C=C/c2cccc(Cl)c2)c1=O. The molecule has 0 aliphatic rings. The van der Waals surface area contributed by atoms with Gasteiger partial charge in [0.2, 0.25) is 5.43 Å². The first-order valence-electron chi connectivity index (χ1n) is 6.97. The van der Waals surface area contributed by atoms with Gasteiger partial charge in [0.1, 0.15) is 0 Å². The van der Waals surface area contributed by atoms with Gasteiger partial charge in [-0.05, 0) is 42.8 Å². The zero-order valence-electron chi connectivity index (χ0n) is 12.2. The van der Waals surface area contributed by atoms with E-state index in [1.54, 1.807) is 42.5 Å². The Morgan fingerprint density at radius 3 is 2.68 bits per heavy atom. The minimum absolute atomic E-state index is 0.138. The van der Waals surface area contributed by atoms with Gasteiger partial charge in [-0.2, -0.15) is 0 Å². The predicted molar refractivity (Wildman–Crippen MR) is 91.7 cm³/mol. The van der Waals surface area contributed by atoms with E-state index in [0.717, 1.165) is 5.56 Å². The third-order valence-corrected chi connectivity index (χ3v) is 3.27. The lowest BCUT2D eigenvalue weighted by Crippen LogP contribution is -2.15. The minimum Gasteiger partial charge on any atom is -0.382 e. The second kappa shape index (κ2) is 7.57. The van der Waals surface area contributed by atoms with Crippen LogP contribution in [0.3, 0.4) is 0 Å². The Morgan fingerprint density at radius 1 is 1.18 bits per heavy atom. The summed E-state index contributed by atoms with van der Waals surface area (Å²) in [6, 6.07) is 13.8. The summed E-state index contributed by atoms with van der Waals surface area (Å²) < 4.78 is 0. The topological polar surface area (TPSA) is 46.2 Å². The standard InChI is InChI=1S/C18H16ClNO2/c1-2-20-16-9-4-3-8-15(18(16)22)17(21)11-10-13-6-5-7-14(19)12-13/h3-12H,2H2,1H3,(H,20,22)/b11-10+. The Hall–Kier alpha value is -2.39. The molecule has 0 spiro atoms. The van der Waals surface area contributed by atoms with Gasteiger partial charge in [0.05, 0.1) is 11.3 Å². The van der Waals surface area contributed by atoms with Crippen LogP contribution < -0.4 is 10.7 Å². The van der Waals surface area contributed by atoms with Crippen LogP contribution in [-0.2, 0) is 0 Å². The molecule has 0 aliphatic heterocycles. The number of benzene rings is 1. The molecule has 0 heterocycles. The monoisotopic (exact) mass is 313 g/mol. The van der Waals surface area contributed by atoms with E-state index in [1.165, 1.54) is 12.1 Å². The lowest BCUT2D eigenvalue weighted by atomic mass is 10.1. The summed E-state index contributed by atoms with van der Waals surface area (Å²) >= 11 is 5.90. The van der Waals surface area contributed by atoms with Gasteiger partial charge in [0, 0.05) is 11.6 Å². The van der Waals surface area contributed by atoms with Crippen molar-refractivity contribution in [2.24, 2.45) is 0 Å². The summed E-state index contributed by atoms with van der Waals surface area (Å²) in [7, 11) is 0. The number of nitrogens with one attached hydrogen (secondary N) is 1. The number of hydrogen-bond acceptors (Lipinski definition) is 3. The Kier molecular flexibility index (Phi) is 5.50. The molecule has 4 heteroatoms. The normalized spacial score (nSPS) is 10.6. The molecule has 0 aromatic heterocycles. The maximum atomic E-state index is 12.3. The number of halogens is 1. The minimum atomic E-state index is -0.333. The fourth-order valence-electron chi connectivity index (χ4n) is 2.00. The van der Waals surface area contributed by atoms with Gasteiger partial charge in [-0.3, -0.25) is 9.59 Å². The molecule has 2 rings (SSSR count). The van der Waals surface area contributed by atoms with Crippen molar-refractivity contribution in [1.29, 1.82) is 0 Å². The molecule has 0 unspecified atom stereocenters. The first-order chi connectivity index (χ1) is 10.6. The molecule has 112 valence electrons. The smallest absolute Gasteiger partial charge is 0.212 e. The number of allylic oxidation sites excluding steroid dienone is 1. The van der Waals surface area contributed by atoms with E-state index in [4.69, 9.17) is 11.6 Å². The van der Waals surface area contributed by atoms with Crippen molar-refractivity contribution in [3.63, 3.8) is 0 Å². The summed E-state index contributed by atoms with van der Waals surface area (Å²) in [5.41, 5.74) is 1.07. The summed E-state index contributed by atoms with van der Waals surface area (Å²) in [6.45, 7) is 2.51. The number of anilines is 1. The molecule has 1 N–H and O–H groups in total. The molecule has 0 amide bonds.